The summed E-state index contributed by atoms with van der Waals surface area (Å²) in [6.07, 6.45) is 3.38. The van der Waals surface area contributed by atoms with Gasteiger partial charge in [0, 0.05) is 25.4 Å². The monoisotopic (exact) mass is 126 g/mol. The summed E-state index contributed by atoms with van der Waals surface area (Å²) in [5.74, 6) is 0.231. The SMILES string of the molecule is CN1CC=C(N)C=C1O. The predicted octanol–water partition coefficient (Wildman–Crippen LogP) is 0.174. The quantitative estimate of drug-likeness (QED) is 0.486. The molecular formula is C6H10N2O. The zero-order valence-electron chi connectivity index (χ0n) is 5.33. The standard InChI is InChI=1S/C6H10N2O/c1-8-3-2-5(7)4-6(8)9/h2,4,9H,3,7H2,1H3. The summed E-state index contributed by atoms with van der Waals surface area (Å²) in [5.41, 5.74) is 6.02. The molecule has 1 heterocycles. The largest absolute Gasteiger partial charge is 0.495 e. The van der Waals surface area contributed by atoms with Crippen molar-refractivity contribution >= 4 is 0 Å². The number of aliphatic hydroxyl groups is 1. The molecule has 0 bridgehead atoms. The molecule has 9 heavy (non-hydrogen) atoms. The van der Waals surface area contributed by atoms with Crippen molar-refractivity contribution < 1.29 is 5.11 Å². The average Bonchev–Trinajstić information content (AvgIpc) is 1.80. The summed E-state index contributed by atoms with van der Waals surface area (Å²) >= 11 is 0. The smallest absolute Gasteiger partial charge is 0.188 e. The van der Waals surface area contributed by atoms with E-state index < -0.39 is 0 Å². The lowest BCUT2D eigenvalue weighted by Gasteiger charge is -2.19. The first kappa shape index (κ1) is 6.01. The first-order valence-electron chi connectivity index (χ1n) is 2.77. The summed E-state index contributed by atoms with van der Waals surface area (Å²) in [6, 6.07) is 0. The fourth-order valence-electron chi connectivity index (χ4n) is 0.654. The van der Waals surface area contributed by atoms with Crippen LogP contribution in [0, 0.1) is 0 Å². The Morgan fingerprint density at radius 3 is 2.89 bits per heavy atom. The first-order chi connectivity index (χ1) is 4.20. The molecular weight excluding hydrogens is 116 g/mol. The second-order valence-electron chi connectivity index (χ2n) is 2.09. The third kappa shape index (κ3) is 1.16. The van der Waals surface area contributed by atoms with E-state index >= 15 is 0 Å². The molecule has 3 N–H and O–H groups in total. The number of allylic oxidation sites excluding steroid dienone is 1. The van der Waals surface area contributed by atoms with E-state index in [1.54, 1.807) is 11.9 Å². The lowest BCUT2D eigenvalue weighted by Crippen LogP contribution is -2.22. The molecule has 0 aliphatic carbocycles. The summed E-state index contributed by atoms with van der Waals surface area (Å²) < 4.78 is 0. The molecule has 0 aromatic heterocycles. The summed E-state index contributed by atoms with van der Waals surface area (Å²) in [5, 5.41) is 9.01. The Labute approximate surface area is 54.1 Å². The van der Waals surface area contributed by atoms with E-state index in [4.69, 9.17) is 10.8 Å². The second kappa shape index (κ2) is 2.01. The van der Waals surface area contributed by atoms with Crippen LogP contribution in [0.3, 0.4) is 0 Å². The Morgan fingerprint density at radius 2 is 2.44 bits per heavy atom. The molecule has 0 unspecified atom stereocenters. The zero-order chi connectivity index (χ0) is 6.85. The van der Waals surface area contributed by atoms with E-state index in [1.807, 2.05) is 6.08 Å². The van der Waals surface area contributed by atoms with Gasteiger partial charge in [-0.15, -0.1) is 0 Å². The molecule has 0 radical (unpaired) electrons. The maximum atomic E-state index is 9.01. The Hall–Kier alpha value is -1.12. The van der Waals surface area contributed by atoms with E-state index in [1.165, 1.54) is 6.08 Å². The molecule has 0 aromatic rings. The van der Waals surface area contributed by atoms with Gasteiger partial charge in [-0.25, -0.2) is 0 Å². The third-order valence-electron chi connectivity index (χ3n) is 1.29. The van der Waals surface area contributed by atoms with Crippen molar-refractivity contribution in [1.29, 1.82) is 0 Å². The highest BCUT2D eigenvalue weighted by molar-refractivity contribution is 5.21. The van der Waals surface area contributed by atoms with Crippen molar-refractivity contribution in [3.8, 4) is 0 Å². The van der Waals surface area contributed by atoms with Gasteiger partial charge in [0.05, 0.1) is 0 Å². The van der Waals surface area contributed by atoms with Crippen LogP contribution in [0.2, 0.25) is 0 Å². The number of hydrogen-bond acceptors (Lipinski definition) is 3. The minimum Gasteiger partial charge on any atom is -0.495 e. The van der Waals surface area contributed by atoms with Crippen LogP contribution in [-0.4, -0.2) is 23.6 Å². The van der Waals surface area contributed by atoms with Gasteiger partial charge in [0.25, 0.3) is 0 Å². The van der Waals surface area contributed by atoms with Crippen LogP contribution >= 0.6 is 0 Å². The fourth-order valence-corrected chi connectivity index (χ4v) is 0.654. The lowest BCUT2D eigenvalue weighted by atomic mass is 10.3. The Kier molecular flexibility index (Phi) is 1.34. The van der Waals surface area contributed by atoms with Crippen LogP contribution in [0.1, 0.15) is 0 Å². The molecule has 0 amide bonds. The van der Waals surface area contributed by atoms with Gasteiger partial charge in [-0.2, -0.15) is 0 Å². The van der Waals surface area contributed by atoms with Gasteiger partial charge < -0.3 is 15.7 Å². The third-order valence-corrected chi connectivity index (χ3v) is 1.29. The van der Waals surface area contributed by atoms with Crippen molar-refractivity contribution in [2.45, 2.75) is 0 Å². The van der Waals surface area contributed by atoms with Gasteiger partial charge in [0.1, 0.15) is 0 Å². The highest BCUT2D eigenvalue weighted by Gasteiger charge is 2.04. The Morgan fingerprint density at radius 1 is 1.78 bits per heavy atom. The van der Waals surface area contributed by atoms with Crippen LogP contribution in [0.25, 0.3) is 0 Å². The number of rotatable bonds is 0. The van der Waals surface area contributed by atoms with Crippen molar-refractivity contribution in [3.05, 3.63) is 23.7 Å². The Bertz CT molecular complexity index is 172. The molecule has 3 heteroatoms. The van der Waals surface area contributed by atoms with Crippen LogP contribution < -0.4 is 5.73 Å². The number of likely N-dealkylation sites (N-methyl/N-ethyl adjacent to an activating group) is 1. The first-order valence-corrected chi connectivity index (χ1v) is 2.77. The van der Waals surface area contributed by atoms with E-state index in [9.17, 15) is 0 Å². The molecule has 3 nitrogen and oxygen atoms in total. The van der Waals surface area contributed by atoms with Gasteiger partial charge >= 0.3 is 0 Å². The van der Waals surface area contributed by atoms with Gasteiger partial charge in [-0.1, -0.05) is 0 Å². The van der Waals surface area contributed by atoms with Gasteiger partial charge in [0.2, 0.25) is 0 Å². The van der Waals surface area contributed by atoms with E-state index in [-0.39, 0.29) is 5.88 Å². The molecule has 0 fully saturated rings. The summed E-state index contributed by atoms with van der Waals surface area (Å²) in [4.78, 5) is 1.70. The summed E-state index contributed by atoms with van der Waals surface area (Å²) in [6.45, 7) is 0.689. The second-order valence-corrected chi connectivity index (χ2v) is 2.09. The van der Waals surface area contributed by atoms with Crippen LogP contribution in [-0.2, 0) is 0 Å². The number of hydrogen-bond donors (Lipinski definition) is 2. The number of nitrogens with two attached hydrogens (primary N) is 1. The maximum absolute atomic E-state index is 9.01. The molecule has 0 aromatic carbocycles. The molecule has 1 rings (SSSR count). The van der Waals surface area contributed by atoms with Crippen molar-refractivity contribution in [3.63, 3.8) is 0 Å². The molecule has 1 aliphatic heterocycles. The topological polar surface area (TPSA) is 49.5 Å². The Balaban J connectivity index is 2.74. The lowest BCUT2D eigenvalue weighted by molar-refractivity contribution is 0.244. The fraction of sp³-hybridized carbons (Fsp3) is 0.333. The number of aliphatic hydroxyl groups excluding tert-OH is 1. The minimum absolute atomic E-state index is 0.231. The van der Waals surface area contributed by atoms with Crippen LogP contribution in [0.5, 0.6) is 0 Å². The van der Waals surface area contributed by atoms with Crippen molar-refractivity contribution in [1.82, 2.24) is 4.90 Å². The highest BCUT2D eigenvalue weighted by Crippen LogP contribution is 2.05. The van der Waals surface area contributed by atoms with Gasteiger partial charge in [-0.3, -0.25) is 0 Å². The number of nitrogens with zero attached hydrogens (tertiary/aromatic N) is 1. The highest BCUT2D eigenvalue weighted by atomic mass is 16.3. The molecule has 1 aliphatic rings. The van der Waals surface area contributed by atoms with Gasteiger partial charge in [-0.05, 0) is 6.08 Å². The summed E-state index contributed by atoms with van der Waals surface area (Å²) in [7, 11) is 1.80. The molecule has 0 atom stereocenters. The van der Waals surface area contributed by atoms with E-state index in [2.05, 4.69) is 0 Å². The average molecular weight is 126 g/mol. The van der Waals surface area contributed by atoms with Crippen molar-refractivity contribution in [2.24, 2.45) is 5.73 Å². The maximum Gasteiger partial charge on any atom is 0.188 e. The van der Waals surface area contributed by atoms with Crippen LogP contribution in [0.15, 0.2) is 23.7 Å². The molecule has 50 valence electrons. The van der Waals surface area contributed by atoms with Crippen LogP contribution in [0.4, 0.5) is 0 Å². The van der Waals surface area contributed by atoms with Gasteiger partial charge in [0.15, 0.2) is 5.88 Å². The molecule has 0 spiro atoms. The predicted molar refractivity (Wildman–Crippen MR) is 35.6 cm³/mol. The normalized spacial score (nSPS) is 19.0. The molecule has 0 saturated carbocycles. The minimum atomic E-state index is 0.231. The van der Waals surface area contributed by atoms with E-state index in [0.717, 1.165) is 0 Å². The van der Waals surface area contributed by atoms with E-state index in [0.29, 0.717) is 12.2 Å². The van der Waals surface area contributed by atoms with Crippen molar-refractivity contribution in [2.75, 3.05) is 13.6 Å². The molecule has 0 saturated heterocycles. The zero-order valence-corrected chi connectivity index (χ0v) is 5.33.